The molecule has 1 aromatic heterocycles. The number of hydrogen-bond acceptors (Lipinski definition) is 3. The van der Waals surface area contributed by atoms with Crippen LogP contribution in [0.4, 0.5) is 4.39 Å². The molecule has 0 spiro atoms. The second-order valence-corrected chi connectivity index (χ2v) is 11.7. The average Bonchev–Trinajstić information content (AvgIpc) is 3.35. The SMILES string of the molecule is CC(C)c1cc(-c2ccccc2)c(-c2ccc(F)cc2)n1CC[C@@H]1C[C@H](CCOCc2ccccc2)OC(C)(C)O1. The summed E-state index contributed by atoms with van der Waals surface area (Å²) in [4.78, 5) is 0. The molecule has 1 saturated heterocycles. The Kier molecular flexibility index (Phi) is 9.39. The zero-order valence-electron chi connectivity index (χ0n) is 24.7. The lowest BCUT2D eigenvalue weighted by atomic mass is 10.0. The minimum Gasteiger partial charge on any atom is -0.377 e. The van der Waals surface area contributed by atoms with Crippen molar-refractivity contribution in [3.63, 3.8) is 0 Å². The molecule has 0 bridgehead atoms. The van der Waals surface area contributed by atoms with Crippen LogP contribution in [0.1, 0.15) is 64.1 Å². The Balaban J connectivity index is 1.34. The van der Waals surface area contributed by atoms with E-state index in [-0.39, 0.29) is 18.0 Å². The number of nitrogens with zero attached hydrogens (tertiary/aromatic N) is 1. The molecule has 216 valence electrons. The third-order valence-electron chi connectivity index (χ3n) is 7.72. The van der Waals surface area contributed by atoms with E-state index in [1.165, 1.54) is 16.8 Å². The molecule has 1 aliphatic heterocycles. The molecule has 1 fully saturated rings. The van der Waals surface area contributed by atoms with Gasteiger partial charge in [-0.3, -0.25) is 0 Å². The fraction of sp³-hybridized carbons (Fsp3) is 0.389. The van der Waals surface area contributed by atoms with Crippen molar-refractivity contribution in [3.8, 4) is 22.4 Å². The molecule has 0 amide bonds. The molecule has 2 heterocycles. The van der Waals surface area contributed by atoms with Crippen molar-refractivity contribution in [3.05, 3.63) is 108 Å². The lowest BCUT2D eigenvalue weighted by Crippen LogP contribution is -2.45. The van der Waals surface area contributed by atoms with Crippen LogP contribution in [-0.4, -0.2) is 29.2 Å². The summed E-state index contributed by atoms with van der Waals surface area (Å²) in [6.45, 7) is 10.5. The molecule has 0 unspecified atom stereocenters. The number of benzene rings is 3. The van der Waals surface area contributed by atoms with Gasteiger partial charge in [0.2, 0.25) is 0 Å². The predicted molar refractivity (Wildman–Crippen MR) is 163 cm³/mol. The topological polar surface area (TPSA) is 32.6 Å². The molecule has 0 aliphatic carbocycles. The van der Waals surface area contributed by atoms with Crippen LogP contribution in [0.2, 0.25) is 0 Å². The van der Waals surface area contributed by atoms with E-state index in [1.54, 1.807) is 12.1 Å². The van der Waals surface area contributed by atoms with Gasteiger partial charge in [0.25, 0.3) is 0 Å². The van der Waals surface area contributed by atoms with Gasteiger partial charge in [-0.2, -0.15) is 0 Å². The second kappa shape index (κ2) is 13.2. The Morgan fingerprint density at radius 1 is 0.854 bits per heavy atom. The maximum atomic E-state index is 13.9. The number of ether oxygens (including phenoxy) is 3. The largest absolute Gasteiger partial charge is 0.377 e. The summed E-state index contributed by atoms with van der Waals surface area (Å²) in [5.41, 5.74) is 6.91. The summed E-state index contributed by atoms with van der Waals surface area (Å²) in [5.74, 6) is -0.554. The van der Waals surface area contributed by atoms with E-state index in [0.717, 1.165) is 42.6 Å². The van der Waals surface area contributed by atoms with E-state index in [2.05, 4.69) is 60.9 Å². The molecule has 4 aromatic rings. The van der Waals surface area contributed by atoms with Crippen LogP contribution < -0.4 is 0 Å². The minimum absolute atomic E-state index is 0.0570. The monoisotopic (exact) mass is 555 g/mol. The number of aromatic nitrogens is 1. The zero-order valence-corrected chi connectivity index (χ0v) is 24.7. The third-order valence-corrected chi connectivity index (χ3v) is 7.72. The van der Waals surface area contributed by atoms with Gasteiger partial charge in [0.15, 0.2) is 5.79 Å². The molecule has 41 heavy (non-hydrogen) atoms. The van der Waals surface area contributed by atoms with E-state index in [4.69, 9.17) is 14.2 Å². The molecular formula is C36H42FNO3. The van der Waals surface area contributed by atoms with Gasteiger partial charge in [-0.1, -0.05) is 74.5 Å². The Bertz CT molecular complexity index is 1380. The Hall–Kier alpha value is -3.25. The summed E-state index contributed by atoms with van der Waals surface area (Å²) in [6.07, 6.45) is 2.64. The van der Waals surface area contributed by atoms with Crippen molar-refractivity contribution >= 4 is 0 Å². The van der Waals surface area contributed by atoms with E-state index in [9.17, 15) is 4.39 Å². The Morgan fingerprint density at radius 2 is 1.49 bits per heavy atom. The van der Waals surface area contributed by atoms with E-state index >= 15 is 0 Å². The lowest BCUT2D eigenvalue weighted by Gasteiger charge is -2.41. The first-order valence-corrected chi connectivity index (χ1v) is 14.8. The van der Waals surface area contributed by atoms with Crippen LogP contribution in [0, 0.1) is 5.82 Å². The Labute approximate surface area is 244 Å². The fourth-order valence-electron chi connectivity index (χ4n) is 5.87. The fourth-order valence-corrected chi connectivity index (χ4v) is 5.87. The minimum atomic E-state index is -0.653. The van der Waals surface area contributed by atoms with Crippen molar-refractivity contribution in [1.29, 1.82) is 0 Å². The van der Waals surface area contributed by atoms with Crippen LogP contribution in [-0.2, 0) is 27.4 Å². The summed E-state index contributed by atoms with van der Waals surface area (Å²) in [5, 5.41) is 0. The van der Waals surface area contributed by atoms with Crippen molar-refractivity contribution < 1.29 is 18.6 Å². The first kappa shape index (κ1) is 29.2. The molecule has 3 aromatic carbocycles. The summed E-state index contributed by atoms with van der Waals surface area (Å²) >= 11 is 0. The average molecular weight is 556 g/mol. The van der Waals surface area contributed by atoms with Gasteiger partial charge in [-0.15, -0.1) is 0 Å². The van der Waals surface area contributed by atoms with E-state index < -0.39 is 5.79 Å². The lowest BCUT2D eigenvalue weighted by molar-refractivity contribution is -0.302. The zero-order chi connectivity index (χ0) is 28.8. The summed E-state index contributed by atoms with van der Waals surface area (Å²) in [6, 6.07) is 29.9. The predicted octanol–water partition coefficient (Wildman–Crippen LogP) is 8.99. The van der Waals surface area contributed by atoms with Gasteiger partial charge in [0.05, 0.1) is 24.5 Å². The van der Waals surface area contributed by atoms with Gasteiger partial charge in [-0.25, -0.2) is 4.39 Å². The van der Waals surface area contributed by atoms with Gasteiger partial charge >= 0.3 is 0 Å². The smallest absolute Gasteiger partial charge is 0.163 e. The van der Waals surface area contributed by atoms with Crippen LogP contribution in [0.5, 0.6) is 0 Å². The van der Waals surface area contributed by atoms with Gasteiger partial charge in [0, 0.05) is 30.8 Å². The molecule has 2 atom stereocenters. The van der Waals surface area contributed by atoms with Crippen LogP contribution in [0.15, 0.2) is 91.0 Å². The maximum absolute atomic E-state index is 13.9. The molecule has 0 radical (unpaired) electrons. The highest BCUT2D eigenvalue weighted by molar-refractivity contribution is 5.82. The molecule has 5 heteroatoms. The van der Waals surface area contributed by atoms with Crippen molar-refractivity contribution in [2.75, 3.05) is 6.61 Å². The van der Waals surface area contributed by atoms with Crippen LogP contribution in [0.25, 0.3) is 22.4 Å². The normalized spacial score (nSPS) is 18.6. The quantitative estimate of drug-likeness (QED) is 0.173. The van der Waals surface area contributed by atoms with E-state index in [1.807, 2.05) is 50.2 Å². The number of hydrogen-bond donors (Lipinski definition) is 0. The molecule has 0 N–H and O–H groups in total. The second-order valence-electron chi connectivity index (χ2n) is 11.7. The number of halogens is 1. The molecular weight excluding hydrogens is 513 g/mol. The van der Waals surface area contributed by atoms with Gasteiger partial charge < -0.3 is 18.8 Å². The first-order valence-electron chi connectivity index (χ1n) is 14.8. The molecule has 0 saturated carbocycles. The third kappa shape index (κ3) is 7.53. The van der Waals surface area contributed by atoms with Crippen LogP contribution >= 0.6 is 0 Å². The van der Waals surface area contributed by atoms with Crippen molar-refractivity contribution in [1.82, 2.24) is 4.57 Å². The molecule has 5 rings (SSSR count). The number of rotatable bonds is 11. The van der Waals surface area contributed by atoms with E-state index in [0.29, 0.717) is 19.1 Å². The first-order chi connectivity index (χ1) is 19.8. The van der Waals surface area contributed by atoms with Gasteiger partial charge in [-0.05, 0) is 79.6 Å². The Morgan fingerprint density at radius 3 is 2.15 bits per heavy atom. The van der Waals surface area contributed by atoms with Crippen molar-refractivity contribution in [2.24, 2.45) is 0 Å². The van der Waals surface area contributed by atoms with Crippen LogP contribution in [0.3, 0.4) is 0 Å². The highest BCUT2D eigenvalue weighted by Crippen LogP contribution is 2.39. The maximum Gasteiger partial charge on any atom is 0.163 e. The molecule has 4 nitrogen and oxygen atoms in total. The van der Waals surface area contributed by atoms with Gasteiger partial charge in [0.1, 0.15) is 5.82 Å². The van der Waals surface area contributed by atoms with Crippen molar-refractivity contribution in [2.45, 2.75) is 84.0 Å². The summed E-state index contributed by atoms with van der Waals surface area (Å²) < 4.78 is 35.0. The molecule has 1 aliphatic rings. The summed E-state index contributed by atoms with van der Waals surface area (Å²) in [7, 11) is 0. The highest BCUT2D eigenvalue weighted by Gasteiger charge is 2.35. The standard InChI is InChI=1S/C36H42FNO3/c1-26(2)34-24-33(28-13-9-6-10-14-28)35(29-15-17-30(37)18-16-29)38(34)21-19-31-23-32(41-36(3,4)40-31)20-22-39-25-27-11-7-5-8-12-27/h5-18,24,26,31-32H,19-23,25H2,1-4H3/t31-,32+/m1/s1. The highest BCUT2D eigenvalue weighted by atomic mass is 19.1.